The lowest BCUT2D eigenvalue weighted by molar-refractivity contribution is -0.385. The Hall–Kier alpha value is -1.54. The highest BCUT2D eigenvalue weighted by atomic mass is 79.9. The highest BCUT2D eigenvalue weighted by Gasteiger charge is 2.17. The molecule has 0 amide bonds. The number of benzene rings is 1. The molecular weight excluding hydrogens is 315 g/mol. The molecule has 0 fully saturated rings. The molecule has 0 saturated carbocycles. The Morgan fingerprint density at radius 2 is 2.29 bits per heavy atom. The van der Waals surface area contributed by atoms with Gasteiger partial charge in [0, 0.05) is 17.5 Å². The number of hydrogen-bond donors (Lipinski definition) is 0. The minimum atomic E-state index is -0.641. The first-order chi connectivity index (χ1) is 8.06. The fraction of sp³-hybridized carbons (Fsp3) is 0. The van der Waals surface area contributed by atoms with Crippen LogP contribution in [-0.4, -0.2) is 9.91 Å². The van der Waals surface area contributed by atoms with E-state index in [1.807, 2.05) is 0 Å². The van der Waals surface area contributed by atoms with Crippen LogP contribution < -0.4 is 4.74 Å². The van der Waals surface area contributed by atoms with Crippen LogP contribution in [0.5, 0.6) is 10.9 Å². The molecular formula is C9H4BrFN2O3S. The molecule has 0 bridgehead atoms. The monoisotopic (exact) mass is 318 g/mol. The van der Waals surface area contributed by atoms with Crippen molar-refractivity contribution in [1.82, 2.24) is 4.98 Å². The van der Waals surface area contributed by atoms with Crippen molar-refractivity contribution in [1.29, 1.82) is 0 Å². The van der Waals surface area contributed by atoms with E-state index in [1.54, 1.807) is 5.38 Å². The Bertz CT molecular complexity index is 575. The van der Waals surface area contributed by atoms with Crippen molar-refractivity contribution in [2.45, 2.75) is 0 Å². The molecule has 88 valence electrons. The van der Waals surface area contributed by atoms with Crippen LogP contribution in [0.4, 0.5) is 10.1 Å². The maximum absolute atomic E-state index is 13.0. The standard InChI is InChI=1S/C9H4BrFN2O3S/c10-8-4-17-9(12-8)16-7-3-5(11)1-2-6(7)13(14)15/h1-4H. The number of nitro benzene ring substituents is 1. The first kappa shape index (κ1) is 11.9. The van der Waals surface area contributed by atoms with Crippen LogP contribution in [0, 0.1) is 15.9 Å². The third-order valence-corrected chi connectivity index (χ3v) is 3.20. The Labute approximate surface area is 107 Å². The normalized spacial score (nSPS) is 10.2. The maximum atomic E-state index is 13.0. The van der Waals surface area contributed by atoms with Gasteiger partial charge in [0.05, 0.1) is 4.92 Å². The molecule has 2 aromatic rings. The second-order valence-corrected chi connectivity index (χ2v) is 4.54. The smallest absolute Gasteiger partial charge is 0.311 e. The van der Waals surface area contributed by atoms with Crippen molar-refractivity contribution in [3.8, 4) is 10.9 Å². The molecule has 5 nitrogen and oxygen atoms in total. The van der Waals surface area contributed by atoms with E-state index in [0.29, 0.717) is 4.60 Å². The fourth-order valence-electron chi connectivity index (χ4n) is 1.10. The highest BCUT2D eigenvalue weighted by molar-refractivity contribution is 9.10. The summed E-state index contributed by atoms with van der Waals surface area (Å²) in [5.74, 6) is -0.780. The van der Waals surface area contributed by atoms with Gasteiger partial charge in [-0.25, -0.2) is 4.39 Å². The fourth-order valence-corrected chi connectivity index (χ4v) is 2.20. The molecule has 0 aliphatic heterocycles. The zero-order chi connectivity index (χ0) is 12.4. The van der Waals surface area contributed by atoms with Gasteiger partial charge in [0.25, 0.3) is 5.19 Å². The first-order valence-corrected chi connectivity index (χ1v) is 5.96. The summed E-state index contributed by atoms with van der Waals surface area (Å²) >= 11 is 4.26. The van der Waals surface area contributed by atoms with Gasteiger partial charge < -0.3 is 4.74 Å². The lowest BCUT2D eigenvalue weighted by atomic mass is 10.3. The first-order valence-electron chi connectivity index (χ1n) is 4.29. The molecule has 0 radical (unpaired) electrons. The van der Waals surface area contributed by atoms with E-state index in [4.69, 9.17) is 4.74 Å². The molecule has 8 heteroatoms. The summed E-state index contributed by atoms with van der Waals surface area (Å²) in [6.07, 6.45) is 0. The summed E-state index contributed by atoms with van der Waals surface area (Å²) in [6.45, 7) is 0. The number of nitrogens with zero attached hydrogens (tertiary/aromatic N) is 2. The molecule has 0 N–H and O–H groups in total. The minimum absolute atomic E-state index is 0.170. The number of rotatable bonds is 3. The van der Waals surface area contributed by atoms with Crippen LogP contribution in [0.2, 0.25) is 0 Å². The number of ether oxygens (including phenoxy) is 1. The molecule has 1 aromatic carbocycles. The third kappa shape index (κ3) is 2.77. The number of hydrogen-bond acceptors (Lipinski definition) is 5. The van der Waals surface area contributed by atoms with Gasteiger partial charge in [-0.05, 0) is 22.0 Å². The molecule has 1 heterocycles. The van der Waals surface area contributed by atoms with Gasteiger partial charge in [0.2, 0.25) is 5.75 Å². The highest BCUT2D eigenvalue weighted by Crippen LogP contribution is 2.33. The molecule has 0 spiro atoms. The van der Waals surface area contributed by atoms with Crippen molar-refractivity contribution < 1.29 is 14.1 Å². The second-order valence-electron chi connectivity index (χ2n) is 2.91. The summed E-state index contributed by atoms with van der Waals surface area (Å²) in [5.41, 5.74) is -0.308. The van der Waals surface area contributed by atoms with Crippen LogP contribution in [0.15, 0.2) is 28.2 Å². The van der Waals surface area contributed by atoms with E-state index in [9.17, 15) is 14.5 Å². The van der Waals surface area contributed by atoms with Gasteiger partial charge in [-0.2, -0.15) is 4.98 Å². The molecule has 1 aromatic heterocycles. The van der Waals surface area contributed by atoms with Crippen molar-refractivity contribution in [2.75, 3.05) is 0 Å². The average Bonchev–Trinajstić information content (AvgIpc) is 2.63. The van der Waals surface area contributed by atoms with E-state index < -0.39 is 10.7 Å². The zero-order valence-corrected chi connectivity index (χ0v) is 10.5. The quantitative estimate of drug-likeness (QED) is 0.638. The predicted molar refractivity (Wildman–Crippen MR) is 62.9 cm³/mol. The van der Waals surface area contributed by atoms with Gasteiger partial charge >= 0.3 is 5.69 Å². The van der Waals surface area contributed by atoms with Crippen LogP contribution in [0.25, 0.3) is 0 Å². The molecule has 0 atom stereocenters. The maximum Gasteiger partial charge on any atom is 0.311 e. The van der Waals surface area contributed by atoms with Crippen molar-refractivity contribution >= 4 is 33.0 Å². The average molecular weight is 319 g/mol. The third-order valence-electron chi connectivity index (χ3n) is 1.77. The van der Waals surface area contributed by atoms with Crippen LogP contribution in [-0.2, 0) is 0 Å². The largest absolute Gasteiger partial charge is 0.423 e. The van der Waals surface area contributed by atoms with E-state index in [1.165, 1.54) is 0 Å². The van der Waals surface area contributed by atoms with Crippen molar-refractivity contribution in [3.05, 3.63) is 44.1 Å². The predicted octanol–water partition coefficient (Wildman–Crippen LogP) is 3.75. The Kier molecular flexibility index (Phi) is 3.34. The molecule has 0 aliphatic carbocycles. The lowest BCUT2D eigenvalue weighted by Gasteiger charge is -2.02. The minimum Gasteiger partial charge on any atom is -0.423 e. The number of thiazole rings is 1. The number of aromatic nitrogens is 1. The summed E-state index contributed by atoms with van der Waals surface area (Å²) in [4.78, 5) is 14.0. The summed E-state index contributed by atoms with van der Waals surface area (Å²) in [7, 11) is 0. The van der Waals surface area contributed by atoms with Gasteiger partial charge in [-0.1, -0.05) is 11.3 Å². The van der Waals surface area contributed by atoms with Gasteiger partial charge in [-0.3, -0.25) is 10.1 Å². The molecule has 17 heavy (non-hydrogen) atoms. The molecule has 0 saturated heterocycles. The van der Waals surface area contributed by atoms with Gasteiger partial charge in [-0.15, -0.1) is 0 Å². The number of halogens is 2. The topological polar surface area (TPSA) is 65.3 Å². The number of nitro groups is 1. The summed E-state index contributed by atoms with van der Waals surface area (Å²) < 4.78 is 18.7. The van der Waals surface area contributed by atoms with Gasteiger partial charge in [0.15, 0.2) is 0 Å². The second kappa shape index (κ2) is 4.76. The molecule has 0 unspecified atom stereocenters. The van der Waals surface area contributed by atoms with Gasteiger partial charge in [0.1, 0.15) is 10.4 Å². The lowest BCUT2D eigenvalue weighted by Crippen LogP contribution is -1.94. The van der Waals surface area contributed by atoms with Crippen molar-refractivity contribution in [3.63, 3.8) is 0 Å². The summed E-state index contributed by atoms with van der Waals surface area (Å²) in [5, 5.41) is 12.6. The van der Waals surface area contributed by atoms with Crippen molar-refractivity contribution in [2.24, 2.45) is 0 Å². The Morgan fingerprint density at radius 1 is 1.53 bits per heavy atom. The van der Waals surface area contributed by atoms with E-state index >= 15 is 0 Å². The zero-order valence-electron chi connectivity index (χ0n) is 8.09. The van der Waals surface area contributed by atoms with E-state index in [0.717, 1.165) is 29.5 Å². The SMILES string of the molecule is O=[N+]([O-])c1ccc(F)cc1Oc1nc(Br)cs1. The van der Waals surface area contributed by atoms with Crippen LogP contribution in [0.1, 0.15) is 0 Å². The van der Waals surface area contributed by atoms with E-state index in [-0.39, 0.29) is 16.6 Å². The molecule has 0 aliphatic rings. The van der Waals surface area contributed by atoms with E-state index in [2.05, 4.69) is 20.9 Å². The Morgan fingerprint density at radius 3 is 2.88 bits per heavy atom. The summed E-state index contributed by atoms with van der Waals surface area (Å²) in [6, 6.07) is 3.00. The van der Waals surface area contributed by atoms with Crippen LogP contribution >= 0.6 is 27.3 Å². The molecule has 2 rings (SSSR count). The Balaban J connectivity index is 2.37. The van der Waals surface area contributed by atoms with Crippen LogP contribution in [0.3, 0.4) is 0 Å².